The first-order valence-corrected chi connectivity index (χ1v) is 6.24. The maximum atomic E-state index is 11.6. The fourth-order valence-corrected chi connectivity index (χ4v) is 1.52. The highest BCUT2D eigenvalue weighted by atomic mass is 16.6. The van der Waals surface area contributed by atoms with E-state index in [1.165, 1.54) is 6.33 Å². The Bertz CT molecular complexity index is 773. The Morgan fingerprint density at radius 1 is 1.48 bits per heavy atom. The third kappa shape index (κ3) is 3.82. The fraction of sp³-hybridized carbons (Fsp3) is 0.385. The number of nitrogens with one attached hydrogen (secondary N) is 3. The summed E-state index contributed by atoms with van der Waals surface area (Å²) in [6, 6.07) is 0. The number of amides is 1. The van der Waals surface area contributed by atoms with Crippen molar-refractivity contribution in [2.75, 3.05) is 6.54 Å². The van der Waals surface area contributed by atoms with Gasteiger partial charge in [-0.3, -0.25) is 9.89 Å². The number of alkyl carbamates (subject to hydrolysis) is 1. The van der Waals surface area contributed by atoms with Gasteiger partial charge in [-0.1, -0.05) is 5.92 Å². The third-order valence-corrected chi connectivity index (χ3v) is 2.29. The molecule has 0 unspecified atom stereocenters. The van der Waals surface area contributed by atoms with Gasteiger partial charge in [0.1, 0.15) is 16.7 Å². The van der Waals surface area contributed by atoms with Crippen LogP contribution in [0.2, 0.25) is 0 Å². The monoisotopic (exact) mass is 289 g/mol. The first-order chi connectivity index (χ1) is 9.87. The molecule has 110 valence electrons. The Hall–Kier alpha value is -2.82. The number of fused-ring (bicyclic) bond motifs is 1. The second-order valence-corrected chi connectivity index (χ2v) is 5.19. The maximum absolute atomic E-state index is 11.6. The minimum atomic E-state index is -0.559. The highest BCUT2D eigenvalue weighted by Gasteiger charge is 2.15. The van der Waals surface area contributed by atoms with E-state index >= 15 is 0 Å². The van der Waals surface area contributed by atoms with E-state index in [1.807, 2.05) is 0 Å². The summed E-state index contributed by atoms with van der Waals surface area (Å²) in [6.07, 6.45) is 0.720. The molecule has 0 saturated carbocycles. The second-order valence-electron chi connectivity index (χ2n) is 5.19. The molecular weight excluding hydrogens is 274 g/mol. The van der Waals surface area contributed by atoms with Crippen LogP contribution in [0.1, 0.15) is 26.5 Å². The van der Waals surface area contributed by atoms with Gasteiger partial charge in [-0.2, -0.15) is 5.10 Å². The zero-order chi connectivity index (χ0) is 15.5. The SMILES string of the molecule is CC(C)(C)OC(=O)NCC#Cc1[nH]nc2nc[nH]c(=O)c12. The number of carbonyl (C=O) groups is 1. The lowest BCUT2D eigenvalue weighted by Gasteiger charge is -2.18. The number of H-pyrrole nitrogens is 2. The lowest BCUT2D eigenvalue weighted by molar-refractivity contribution is 0.0535. The van der Waals surface area contributed by atoms with Crippen molar-refractivity contribution >= 4 is 17.1 Å². The van der Waals surface area contributed by atoms with Gasteiger partial charge >= 0.3 is 6.09 Å². The van der Waals surface area contributed by atoms with Crippen molar-refractivity contribution in [1.29, 1.82) is 0 Å². The number of aromatic amines is 2. The minimum Gasteiger partial charge on any atom is -0.444 e. The molecule has 0 aliphatic carbocycles. The Morgan fingerprint density at radius 2 is 2.24 bits per heavy atom. The molecular formula is C13H15N5O3. The molecule has 8 nitrogen and oxygen atoms in total. The molecule has 0 spiro atoms. The van der Waals surface area contributed by atoms with Gasteiger partial charge in [0.15, 0.2) is 5.65 Å². The second kappa shape index (κ2) is 5.66. The number of hydrogen-bond donors (Lipinski definition) is 3. The van der Waals surface area contributed by atoms with Crippen LogP contribution in [-0.4, -0.2) is 38.4 Å². The van der Waals surface area contributed by atoms with Crippen molar-refractivity contribution in [2.24, 2.45) is 0 Å². The predicted octanol–water partition coefficient (Wildman–Crippen LogP) is 0.522. The lowest BCUT2D eigenvalue weighted by atomic mass is 10.2. The van der Waals surface area contributed by atoms with Crippen LogP contribution in [0.3, 0.4) is 0 Å². The number of rotatable bonds is 1. The zero-order valence-corrected chi connectivity index (χ0v) is 11.9. The van der Waals surface area contributed by atoms with Crippen molar-refractivity contribution < 1.29 is 9.53 Å². The molecule has 2 rings (SSSR count). The van der Waals surface area contributed by atoms with Crippen LogP contribution in [0, 0.1) is 11.8 Å². The molecule has 0 fully saturated rings. The first kappa shape index (κ1) is 14.6. The normalized spacial score (nSPS) is 10.8. The molecule has 2 aromatic heterocycles. The van der Waals surface area contributed by atoms with E-state index in [1.54, 1.807) is 20.8 Å². The summed E-state index contributed by atoms with van der Waals surface area (Å²) >= 11 is 0. The molecule has 0 aliphatic rings. The summed E-state index contributed by atoms with van der Waals surface area (Å²) in [4.78, 5) is 29.4. The summed E-state index contributed by atoms with van der Waals surface area (Å²) in [5.41, 5.74) is -0.234. The van der Waals surface area contributed by atoms with Gasteiger partial charge in [0.05, 0.1) is 12.9 Å². The molecule has 2 heterocycles. The molecule has 21 heavy (non-hydrogen) atoms. The van der Waals surface area contributed by atoms with Crippen LogP contribution in [0.5, 0.6) is 0 Å². The highest BCUT2D eigenvalue weighted by molar-refractivity contribution is 5.79. The molecule has 0 aliphatic heterocycles. The Balaban J connectivity index is 2.03. The predicted molar refractivity (Wildman–Crippen MR) is 75.6 cm³/mol. The van der Waals surface area contributed by atoms with Crippen LogP contribution < -0.4 is 10.9 Å². The molecule has 0 bridgehead atoms. The maximum Gasteiger partial charge on any atom is 0.408 e. The van der Waals surface area contributed by atoms with Crippen LogP contribution in [0.15, 0.2) is 11.1 Å². The van der Waals surface area contributed by atoms with E-state index in [0.717, 1.165) is 0 Å². The first-order valence-electron chi connectivity index (χ1n) is 6.24. The Kier molecular flexibility index (Phi) is 3.93. The van der Waals surface area contributed by atoms with Crippen molar-refractivity contribution in [3.63, 3.8) is 0 Å². The lowest BCUT2D eigenvalue weighted by Crippen LogP contribution is -2.32. The number of ether oxygens (including phenoxy) is 1. The molecule has 0 radical (unpaired) electrons. The standard InChI is InChI=1S/C13H15N5O3/c1-13(2,3)21-12(20)14-6-4-5-8-9-10(18-17-8)15-7-16-11(9)19/h7H,6H2,1-3H3,(H,14,20)(H2,15,16,17,18,19). The number of aromatic nitrogens is 4. The average molecular weight is 289 g/mol. The summed E-state index contributed by atoms with van der Waals surface area (Å²) in [7, 11) is 0. The van der Waals surface area contributed by atoms with Gasteiger partial charge in [0.2, 0.25) is 0 Å². The smallest absolute Gasteiger partial charge is 0.408 e. The third-order valence-electron chi connectivity index (χ3n) is 2.29. The van der Waals surface area contributed by atoms with Gasteiger partial charge < -0.3 is 15.0 Å². The van der Waals surface area contributed by atoms with Gasteiger partial charge in [0, 0.05) is 0 Å². The average Bonchev–Trinajstić information content (AvgIpc) is 2.77. The van der Waals surface area contributed by atoms with E-state index < -0.39 is 11.7 Å². The Morgan fingerprint density at radius 3 is 2.95 bits per heavy atom. The highest BCUT2D eigenvalue weighted by Crippen LogP contribution is 2.06. The van der Waals surface area contributed by atoms with E-state index in [-0.39, 0.29) is 12.1 Å². The van der Waals surface area contributed by atoms with Crippen molar-refractivity contribution in [3.8, 4) is 11.8 Å². The largest absolute Gasteiger partial charge is 0.444 e. The van der Waals surface area contributed by atoms with Crippen molar-refractivity contribution in [1.82, 2.24) is 25.5 Å². The van der Waals surface area contributed by atoms with Crippen LogP contribution in [0.25, 0.3) is 11.0 Å². The molecule has 0 aromatic carbocycles. The fourth-order valence-electron chi connectivity index (χ4n) is 1.52. The number of nitrogens with zero attached hydrogens (tertiary/aromatic N) is 2. The minimum absolute atomic E-state index is 0.0909. The quantitative estimate of drug-likeness (QED) is 0.662. The molecule has 8 heteroatoms. The van der Waals surface area contributed by atoms with Crippen molar-refractivity contribution in [3.05, 3.63) is 22.4 Å². The van der Waals surface area contributed by atoms with E-state index in [2.05, 4.69) is 37.3 Å². The van der Waals surface area contributed by atoms with Gasteiger partial charge in [0.25, 0.3) is 5.56 Å². The van der Waals surface area contributed by atoms with Gasteiger partial charge in [-0.05, 0) is 26.7 Å². The van der Waals surface area contributed by atoms with Gasteiger partial charge in [-0.15, -0.1) is 0 Å². The zero-order valence-electron chi connectivity index (χ0n) is 11.9. The van der Waals surface area contributed by atoms with Crippen LogP contribution >= 0.6 is 0 Å². The Labute approximate surface area is 120 Å². The van der Waals surface area contributed by atoms with E-state index in [0.29, 0.717) is 16.7 Å². The number of hydrogen-bond acceptors (Lipinski definition) is 5. The van der Waals surface area contributed by atoms with Crippen LogP contribution in [-0.2, 0) is 4.74 Å². The van der Waals surface area contributed by atoms with Crippen molar-refractivity contribution in [2.45, 2.75) is 26.4 Å². The molecule has 3 N–H and O–H groups in total. The summed E-state index contributed by atoms with van der Waals surface area (Å²) in [5.74, 6) is 5.44. The molecule has 1 amide bonds. The summed E-state index contributed by atoms with van der Waals surface area (Å²) in [5, 5.41) is 9.29. The van der Waals surface area contributed by atoms with E-state index in [4.69, 9.17) is 4.74 Å². The molecule has 0 atom stereocenters. The molecule has 0 saturated heterocycles. The number of carbonyl (C=O) groups excluding carboxylic acids is 1. The summed E-state index contributed by atoms with van der Waals surface area (Å²) in [6.45, 7) is 5.41. The van der Waals surface area contributed by atoms with E-state index in [9.17, 15) is 9.59 Å². The topological polar surface area (TPSA) is 113 Å². The molecule has 2 aromatic rings. The van der Waals surface area contributed by atoms with Crippen LogP contribution in [0.4, 0.5) is 4.79 Å². The van der Waals surface area contributed by atoms with Gasteiger partial charge in [-0.25, -0.2) is 9.78 Å². The summed E-state index contributed by atoms with van der Waals surface area (Å²) < 4.78 is 5.06.